The van der Waals surface area contributed by atoms with Crippen molar-refractivity contribution in [3.8, 4) is 5.75 Å². The first kappa shape index (κ1) is 23.6. The third-order valence-corrected chi connectivity index (χ3v) is 8.17. The number of rotatable bonds is 7. The highest BCUT2D eigenvalue weighted by atomic mass is 35.5. The molecule has 0 radical (unpaired) electrons. The van der Waals surface area contributed by atoms with E-state index in [9.17, 15) is 8.42 Å². The van der Waals surface area contributed by atoms with Crippen LogP contribution in [0.2, 0.25) is 5.02 Å². The van der Waals surface area contributed by atoms with Crippen molar-refractivity contribution in [1.29, 1.82) is 0 Å². The first-order valence-corrected chi connectivity index (χ1v) is 13.8. The topological polar surface area (TPSA) is 49.9 Å². The molecular weight excluding hydrogens is 444 g/mol. The Morgan fingerprint density at radius 2 is 1.78 bits per heavy atom. The maximum atomic E-state index is 12.0. The van der Waals surface area contributed by atoms with Crippen LogP contribution in [0.1, 0.15) is 48.3 Å². The van der Waals surface area contributed by atoms with Gasteiger partial charge < -0.3 is 9.64 Å². The summed E-state index contributed by atoms with van der Waals surface area (Å²) in [5.41, 5.74) is 3.69. The van der Waals surface area contributed by atoms with E-state index < -0.39 is 10.0 Å². The summed E-state index contributed by atoms with van der Waals surface area (Å²) in [4.78, 5) is 2.52. The number of nitrogens with zero attached hydrogens (tertiary/aromatic N) is 2. The molecule has 0 atom stereocenters. The molecule has 0 N–H and O–H groups in total. The summed E-state index contributed by atoms with van der Waals surface area (Å²) in [7, 11) is -3.18. The lowest BCUT2D eigenvalue weighted by Gasteiger charge is -2.32. The van der Waals surface area contributed by atoms with Crippen molar-refractivity contribution < 1.29 is 13.2 Å². The molecule has 0 saturated carbocycles. The molecule has 0 aromatic heterocycles. The first-order chi connectivity index (χ1) is 15.4. The molecule has 7 heteroatoms. The van der Waals surface area contributed by atoms with Gasteiger partial charge in [-0.1, -0.05) is 29.8 Å². The van der Waals surface area contributed by atoms with Gasteiger partial charge in [0, 0.05) is 24.7 Å². The Kier molecular flexibility index (Phi) is 7.77. The van der Waals surface area contributed by atoms with Gasteiger partial charge in [0.05, 0.1) is 12.9 Å². The van der Waals surface area contributed by atoms with Crippen molar-refractivity contribution in [3.05, 3.63) is 64.2 Å². The molecule has 2 heterocycles. The van der Waals surface area contributed by atoms with Gasteiger partial charge in [-0.2, -0.15) is 4.31 Å². The fourth-order valence-corrected chi connectivity index (χ4v) is 5.74. The number of piperidine rings is 1. The van der Waals surface area contributed by atoms with Crippen molar-refractivity contribution in [2.24, 2.45) is 0 Å². The van der Waals surface area contributed by atoms with Gasteiger partial charge in [0.25, 0.3) is 0 Å². The summed E-state index contributed by atoms with van der Waals surface area (Å²) in [5.74, 6) is 1.46. The third kappa shape index (κ3) is 6.25. The van der Waals surface area contributed by atoms with Crippen molar-refractivity contribution in [1.82, 2.24) is 9.21 Å². The summed E-state index contributed by atoms with van der Waals surface area (Å²) in [6, 6.07) is 14.4. The molecule has 0 amide bonds. The highest BCUT2D eigenvalue weighted by Gasteiger charge is 2.22. The highest BCUT2D eigenvalue weighted by Crippen LogP contribution is 2.29. The molecule has 0 unspecified atom stereocenters. The number of hydrogen-bond acceptors (Lipinski definition) is 4. The van der Waals surface area contributed by atoms with Crippen LogP contribution >= 0.6 is 11.6 Å². The quantitative estimate of drug-likeness (QED) is 0.543. The maximum Gasteiger partial charge on any atom is 0.211 e. The van der Waals surface area contributed by atoms with Crippen LogP contribution in [-0.2, 0) is 23.0 Å². The molecule has 0 bridgehead atoms. The number of aryl methyl sites for hydroxylation is 1. The lowest BCUT2D eigenvalue weighted by molar-refractivity contribution is 0.193. The minimum absolute atomic E-state index is 0.438. The van der Waals surface area contributed by atoms with Gasteiger partial charge in [-0.15, -0.1) is 0 Å². The molecule has 4 rings (SSSR count). The van der Waals surface area contributed by atoms with Crippen LogP contribution in [0.25, 0.3) is 0 Å². The summed E-state index contributed by atoms with van der Waals surface area (Å²) in [6.07, 6.45) is 6.41. The zero-order valence-corrected chi connectivity index (χ0v) is 20.4. The summed E-state index contributed by atoms with van der Waals surface area (Å²) in [6.45, 7) is 4.97. The zero-order chi connectivity index (χ0) is 22.6. The van der Waals surface area contributed by atoms with Crippen LogP contribution in [0.5, 0.6) is 5.75 Å². The number of halogens is 1. The van der Waals surface area contributed by atoms with E-state index in [0.29, 0.717) is 25.6 Å². The molecule has 2 aliphatic heterocycles. The molecule has 2 aromatic carbocycles. The van der Waals surface area contributed by atoms with Crippen molar-refractivity contribution in [2.75, 3.05) is 39.0 Å². The molecule has 1 fully saturated rings. The maximum absolute atomic E-state index is 12.0. The Bertz CT molecular complexity index is 1000. The second-order valence-electron chi connectivity index (χ2n) is 9.00. The van der Waals surface area contributed by atoms with E-state index in [1.165, 1.54) is 30.2 Å². The van der Waals surface area contributed by atoms with E-state index in [4.69, 9.17) is 16.3 Å². The fraction of sp³-hybridized carbons (Fsp3) is 0.520. The number of fused-ring (bicyclic) bond motifs is 1. The van der Waals surface area contributed by atoms with Crippen LogP contribution in [0.3, 0.4) is 0 Å². The lowest BCUT2D eigenvalue weighted by atomic mass is 9.89. The minimum Gasteiger partial charge on any atom is -0.494 e. The standard InChI is InChI=1S/C25H33ClN2O3S/c1-32(29,30)28-14-2-4-20-7-10-25(18-23(20)19-28)31-17-3-13-27-15-11-22(12-16-27)21-5-8-24(26)9-6-21/h5-10,18,22H,2-4,11-17,19H2,1H3. The summed E-state index contributed by atoms with van der Waals surface area (Å²) in [5, 5.41) is 0.799. The van der Waals surface area contributed by atoms with E-state index in [-0.39, 0.29) is 0 Å². The fourth-order valence-electron chi connectivity index (χ4n) is 4.78. The average molecular weight is 477 g/mol. The largest absolute Gasteiger partial charge is 0.494 e. The highest BCUT2D eigenvalue weighted by molar-refractivity contribution is 7.88. The van der Waals surface area contributed by atoms with Gasteiger partial charge >= 0.3 is 0 Å². The van der Waals surface area contributed by atoms with E-state index in [0.717, 1.165) is 55.2 Å². The third-order valence-electron chi connectivity index (χ3n) is 6.66. The van der Waals surface area contributed by atoms with Crippen LogP contribution < -0.4 is 4.74 Å². The SMILES string of the molecule is CS(=O)(=O)N1CCCc2ccc(OCCCN3CCC(c4ccc(Cl)cc4)CC3)cc2C1. The van der Waals surface area contributed by atoms with E-state index >= 15 is 0 Å². The van der Waals surface area contributed by atoms with Crippen LogP contribution in [0.4, 0.5) is 0 Å². The van der Waals surface area contributed by atoms with Gasteiger partial charge in [0.2, 0.25) is 10.0 Å². The number of benzene rings is 2. The number of ether oxygens (including phenoxy) is 1. The second-order valence-corrected chi connectivity index (χ2v) is 11.4. The molecule has 5 nitrogen and oxygen atoms in total. The van der Waals surface area contributed by atoms with E-state index in [2.05, 4.69) is 23.1 Å². The van der Waals surface area contributed by atoms with E-state index in [1.807, 2.05) is 24.3 Å². The molecule has 2 aliphatic rings. The Morgan fingerprint density at radius 3 is 2.50 bits per heavy atom. The lowest BCUT2D eigenvalue weighted by Crippen LogP contribution is -2.34. The molecule has 2 aromatic rings. The molecule has 0 aliphatic carbocycles. The molecule has 32 heavy (non-hydrogen) atoms. The van der Waals surface area contributed by atoms with E-state index in [1.54, 1.807) is 4.31 Å². The normalized spacial score (nSPS) is 18.8. The zero-order valence-electron chi connectivity index (χ0n) is 18.8. The van der Waals surface area contributed by atoms with Gasteiger partial charge in [-0.25, -0.2) is 8.42 Å². The van der Waals surface area contributed by atoms with Gasteiger partial charge in [0.1, 0.15) is 5.75 Å². The Labute approximate surface area is 197 Å². The van der Waals surface area contributed by atoms with Crippen LogP contribution in [0.15, 0.2) is 42.5 Å². The molecular formula is C25H33ClN2O3S. The number of likely N-dealkylation sites (tertiary alicyclic amines) is 1. The smallest absolute Gasteiger partial charge is 0.211 e. The molecule has 1 saturated heterocycles. The monoisotopic (exact) mass is 476 g/mol. The Morgan fingerprint density at radius 1 is 1.03 bits per heavy atom. The summed E-state index contributed by atoms with van der Waals surface area (Å²) >= 11 is 6.01. The minimum atomic E-state index is -3.18. The van der Waals surface area contributed by atoms with Crippen molar-refractivity contribution in [3.63, 3.8) is 0 Å². The second kappa shape index (κ2) is 10.6. The van der Waals surface area contributed by atoms with Crippen molar-refractivity contribution >= 4 is 21.6 Å². The van der Waals surface area contributed by atoms with Crippen molar-refractivity contribution in [2.45, 2.75) is 44.6 Å². The number of hydrogen-bond donors (Lipinski definition) is 0. The van der Waals surface area contributed by atoms with Gasteiger partial charge in [-0.3, -0.25) is 0 Å². The number of sulfonamides is 1. The predicted octanol–water partition coefficient (Wildman–Crippen LogP) is 4.70. The Balaban J connectivity index is 1.22. The molecule has 174 valence electrons. The first-order valence-electron chi connectivity index (χ1n) is 11.6. The van der Waals surface area contributed by atoms with Gasteiger partial charge in [0.15, 0.2) is 0 Å². The average Bonchev–Trinajstić information content (AvgIpc) is 3.00. The predicted molar refractivity (Wildman–Crippen MR) is 130 cm³/mol. The Hall–Kier alpha value is -1.60. The van der Waals surface area contributed by atoms with Crippen LogP contribution in [-0.4, -0.2) is 56.7 Å². The summed E-state index contributed by atoms with van der Waals surface area (Å²) < 4.78 is 31.6. The van der Waals surface area contributed by atoms with Gasteiger partial charge in [-0.05, 0) is 92.1 Å². The van der Waals surface area contributed by atoms with Crippen LogP contribution in [0, 0.1) is 0 Å². The molecule has 0 spiro atoms.